The van der Waals surface area contributed by atoms with Gasteiger partial charge in [0.25, 0.3) is 0 Å². The Morgan fingerprint density at radius 2 is 2.00 bits per heavy atom. The summed E-state index contributed by atoms with van der Waals surface area (Å²) in [6.07, 6.45) is 4.54. The third-order valence-corrected chi connectivity index (χ3v) is 4.15. The van der Waals surface area contributed by atoms with Gasteiger partial charge in [0.1, 0.15) is 0 Å². The Hall–Kier alpha value is -2.57. The summed E-state index contributed by atoms with van der Waals surface area (Å²) in [7, 11) is 1.88. The first kappa shape index (κ1) is 19.8. The lowest BCUT2D eigenvalue weighted by molar-refractivity contribution is 0.185. The molecule has 0 spiro atoms. The fraction of sp³-hybridized carbons (Fsp3) is 0.526. The molecule has 0 aliphatic carbocycles. The third kappa shape index (κ3) is 6.06. The summed E-state index contributed by atoms with van der Waals surface area (Å²) < 4.78 is 7.63. The van der Waals surface area contributed by atoms with E-state index in [4.69, 9.17) is 4.74 Å². The molecule has 2 aromatic rings. The summed E-state index contributed by atoms with van der Waals surface area (Å²) in [4.78, 5) is 16.2. The minimum Gasteiger partial charge on any atom is -0.475 e. The minimum absolute atomic E-state index is 0.108. The van der Waals surface area contributed by atoms with E-state index in [1.165, 1.54) is 0 Å². The summed E-state index contributed by atoms with van der Waals surface area (Å²) in [6.45, 7) is 9.21. The Bertz CT molecular complexity index is 726. The molecule has 142 valence electrons. The molecular weight excluding hydrogens is 330 g/mol. The third-order valence-electron chi connectivity index (χ3n) is 4.15. The highest BCUT2D eigenvalue weighted by Gasteiger charge is 2.09. The molecule has 0 saturated heterocycles. The average molecular weight is 359 g/mol. The van der Waals surface area contributed by atoms with Gasteiger partial charge in [0.05, 0.1) is 12.3 Å². The number of hydrogen-bond donors (Lipinski definition) is 2. The van der Waals surface area contributed by atoms with Crippen LogP contribution in [0.15, 0.2) is 24.5 Å². The zero-order valence-corrected chi connectivity index (χ0v) is 16.2. The van der Waals surface area contributed by atoms with Gasteiger partial charge in [-0.3, -0.25) is 4.68 Å². The first-order valence-electron chi connectivity index (χ1n) is 8.96. The van der Waals surface area contributed by atoms with Gasteiger partial charge in [0, 0.05) is 43.7 Å². The van der Waals surface area contributed by atoms with Gasteiger partial charge in [-0.2, -0.15) is 5.10 Å². The van der Waals surface area contributed by atoms with Crippen LogP contribution in [0.25, 0.3) is 0 Å². The highest BCUT2D eigenvalue weighted by atomic mass is 16.5. The Morgan fingerprint density at radius 3 is 2.65 bits per heavy atom. The van der Waals surface area contributed by atoms with Gasteiger partial charge in [-0.05, 0) is 37.8 Å². The number of amides is 2. The minimum atomic E-state index is -0.222. The molecule has 26 heavy (non-hydrogen) atoms. The molecule has 7 nitrogen and oxygen atoms in total. The number of hydrogen-bond acceptors (Lipinski definition) is 4. The topological polar surface area (TPSA) is 81.1 Å². The van der Waals surface area contributed by atoms with Crippen LogP contribution in [0.4, 0.5) is 4.79 Å². The lowest BCUT2D eigenvalue weighted by Crippen LogP contribution is -2.34. The molecule has 1 atom stereocenters. The van der Waals surface area contributed by atoms with Gasteiger partial charge in [-0.15, -0.1) is 0 Å². The zero-order valence-electron chi connectivity index (χ0n) is 16.2. The van der Waals surface area contributed by atoms with Crippen LogP contribution < -0.4 is 15.4 Å². The van der Waals surface area contributed by atoms with Crippen LogP contribution in [0.1, 0.15) is 44.0 Å². The maximum absolute atomic E-state index is 12.0. The number of aryl methyl sites for hydroxylation is 1. The van der Waals surface area contributed by atoms with E-state index in [1.54, 1.807) is 17.1 Å². The van der Waals surface area contributed by atoms with Crippen molar-refractivity contribution in [1.82, 2.24) is 25.4 Å². The van der Waals surface area contributed by atoms with Crippen molar-refractivity contribution in [2.24, 2.45) is 13.0 Å². The van der Waals surface area contributed by atoms with E-state index >= 15 is 0 Å². The molecule has 2 N–H and O–H groups in total. The highest BCUT2D eigenvalue weighted by Crippen LogP contribution is 2.14. The number of carbonyl (C=O) groups is 1. The maximum Gasteiger partial charge on any atom is 0.315 e. The van der Waals surface area contributed by atoms with E-state index in [-0.39, 0.29) is 12.1 Å². The summed E-state index contributed by atoms with van der Waals surface area (Å²) >= 11 is 0. The lowest BCUT2D eigenvalue weighted by atomic mass is 10.1. The number of pyridine rings is 1. The van der Waals surface area contributed by atoms with Crippen molar-refractivity contribution in [2.45, 2.75) is 53.3 Å². The van der Waals surface area contributed by atoms with Gasteiger partial charge < -0.3 is 15.4 Å². The van der Waals surface area contributed by atoms with Crippen molar-refractivity contribution in [3.63, 3.8) is 0 Å². The van der Waals surface area contributed by atoms with Crippen LogP contribution in [0.2, 0.25) is 0 Å². The molecule has 2 amide bonds. The van der Waals surface area contributed by atoms with Crippen LogP contribution in [0, 0.1) is 12.8 Å². The van der Waals surface area contributed by atoms with E-state index < -0.39 is 0 Å². The van der Waals surface area contributed by atoms with E-state index in [9.17, 15) is 4.79 Å². The predicted molar refractivity (Wildman–Crippen MR) is 101 cm³/mol. The van der Waals surface area contributed by atoms with E-state index in [2.05, 4.69) is 34.6 Å². The first-order valence-corrected chi connectivity index (χ1v) is 8.96. The Labute approximate surface area is 155 Å². The van der Waals surface area contributed by atoms with Gasteiger partial charge >= 0.3 is 6.03 Å². The molecule has 0 aliphatic rings. The second-order valence-electron chi connectivity index (χ2n) is 6.98. The van der Waals surface area contributed by atoms with Gasteiger partial charge in [-0.25, -0.2) is 9.78 Å². The molecule has 0 bridgehead atoms. The Balaban J connectivity index is 1.80. The number of rotatable bonds is 8. The standard InChI is InChI=1S/C19H29N5O2/c1-13(2)8-14(3)26-18-9-16(6-7-20-18)10-21-19(25)22-11-17-12-23-24(5)15(17)4/h6-7,9,12-14H,8,10-11H2,1-5H3,(H2,21,22,25). The summed E-state index contributed by atoms with van der Waals surface area (Å²) in [5, 5.41) is 9.85. The molecule has 2 rings (SSSR count). The van der Waals surface area contributed by atoms with Crippen LogP contribution >= 0.6 is 0 Å². The van der Waals surface area contributed by atoms with E-state index in [0.717, 1.165) is 23.2 Å². The molecule has 0 fully saturated rings. The molecule has 1 unspecified atom stereocenters. The number of aromatic nitrogens is 3. The second-order valence-corrected chi connectivity index (χ2v) is 6.98. The first-order chi connectivity index (χ1) is 12.3. The van der Waals surface area contributed by atoms with Crippen LogP contribution in [0.3, 0.4) is 0 Å². The number of nitrogens with one attached hydrogen (secondary N) is 2. The molecule has 7 heteroatoms. The molecule has 0 saturated carbocycles. The van der Waals surface area contributed by atoms with E-state index in [0.29, 0.717) is 24.9 Å². The van der Waals surface area contributed by atoms with Crippen LogP contribution in [-0.2, 0) is 20.1 Å². The quantitative estimate of drug-likeness (QED) is 0.759. The van der Waals surface area contributed by atoms with Crippen molar-refractivity contribution < 1.29 is 9.53 Å². The number of ether oxygens (including phenoxy) is 1. The fourth-order valence-electron chi connectivity index (χ4n) is 2.68. The summed E-state index contributed by atoms with van der Waals surface area (Å²) in [5.41, 5.74) is 2.98. The van der Waals surface area contributed by atoms with Crippen LogP contribution in [-0.4, -0.2) is 26.9 Å². The van der Waals surface area contributed by atoms with Crippen molar-refractivity contribution in [2.75, 3.05) is 0 Å². The lowest BCUT2D eigenvalue weighted by Gasteiger charge is -2.16. The van der Waals surface area contributed by atoms with Gasteiger partial charge in [-0.1, -0.05) is 13.8 Å². The molecule has 0 aromatic carbocycles. The predicted octanol–water partition coefficient (Wildman–Crippen LogP) is 2.94. The van der Waals surface area contributed by atoms with Crippen molar-refractivity contribution >= 4 is 6.03 Å². The van der Waals surface area contributed by atoms with Crippen molar-refractivity contribution in [1.29, 1.82) is 0 Å². The second kappa shape index (κ2) is 9.22. The molecule has 0 aliphatic heterocycles. The molecule has 0 radical (unpaired) electrons. The van der Waals surface area contributed by atoms with Crippen molar-refractivity contribution in [3.8, 4) is 5.88 Å². The van der Waals surface area contributed by atoms with Gasteiger partial charge in [0.2, 0.25) is 5.88 Å². The fourth-order valence-corrected chi connectivity index (χ4v) is 2.68. The summed E-state index contributed by atoms with van der Waals surface area (Å²) in [5.74, 6) is 1.16. The largest absolute Gasteiger partial charge is 0.475 e. The number of nitrogens with zero attached hydrogens (tertiary/aromatic N) is 3. The Kier molecular flexibility index (Phi) is 7.00. The number of carbonyl (C=O) groups excluding carboxylic acids is 1. The van der Waals surface area contributed by atoms with E-state index in [1.807, 2.05) is 33.0 Å². The zero-order chi connectivity index (χ0) is 19.1. The molecular formula is C19H29N5O2. The van der Waals surface area contributed by atoms with Crippen molar-refractivity contribution in [3.05, 3.63) is 41.3 Å². The number of urea groups is 1. The molecule has 2 aromatic heterocycles. The normalized spacial score (nSPS) is 12.1. The Morgan fingerprint density at radius 1 is 1.27 bits per heavy atom. The smallest absolute Gasteiger partial charge is 0.315 e. The maximum atomic E-state index is 12.0. The highest BCUT2D eigenvalue weighted by molar-refractivity contribution is 5.73. The van der Waals surface area contributed by atoms with Gasteiger partial charge in [0.15, 0.2) is 0 Å². The molecule has 2 heterocycles. The average Bonchev–Trinajstić information content (AvgIpc) is 2.89. The summed E-state index contributed by atoms with van der Waals surface area (Å²) in [6, 6.07) is 3.51. The monoisotopic (exact) mass is 359 g/mol. The SMILES string of the molecule is Cc1c(CNC(=O)NCc2ccnc(OC(C)CC(C)C)c2)cnn1C. The van der Waals surface area contributed by atoms with Crippen LogP contribution in [0.5, 0.6) is 5.88 Å².